The predicted octanol–water partition coefficient (Wildman–Crippen LogP) is 0.865. The molecule has 1 aliphatic carbocycles. The van der Waals surface area contributed by atoms with Crippen molar-refractivity contribution in [2.75, 3.05) is 32.6 Å². The fraction of sp³-hybridized carbons (Fsp3) is 1.00. The largest absolute Gasteiger partial charge is 0.385 e. The monoisotopic (exact) mass is 290 g/mol. The summed E-state index contributed by atoms with van der Waals surface area (Å²) in [6.07, 6.45) is 6.43. The smallest absolute Gasteiger partial charge is 0.213 e. The molecule has 1 saturated heterocycles. The molecule has 0 radical (unpaired) electrons. The van der Waals surface area contributed by atoms with Crippen LogP contribution in [0.15, 0.2) is 0 Å². The van der Waals surface area contributed by atoms with E-state index in [-0.39, 0.29) is 17.2 Å². The Bertz CT molecular complexity index is 373. The van der Waals surface area contributed by atoms with E-state index in [4.69, 9.17) is 4.74 Å². The van der Waals surface area contributed by atoms with E-state index in [0.717, 1.165) is 45.1 Å². The summed E-state index contributed by atoms with van der Waals surface area (Å²) in [6, 6.07) is 0.125. The maximum atomic E-state index is 12.1. The molecular weight excluding hydrogens is 264 g/mol. The minimum atomic E-state index is -3.15. The van der Waals surface area contributed by atoms with Crippen LogP contribution in [0.2, 0.25) is 0 Å². The number of methoxy groups -OCH3 is 1. The van der Waals surface area contributed by atoms with Crippen LogP contribution in [0.3, 0.4) is 0 Å². The van der Waals surface area contributed by atoms with Crippen molar-refractivity contribution in [2.24, 2.45) is 5.41 Å². The topological polar surface area (TPSA) is 67.4 Å². The number of ether oxygens (including phenoxy) is 1. The third-order valence-electron chi connectivity index (χ3n) is 4.29. The van der Waals surface area contributed by atoms with Gasteiger partial charge >= 0.3 is 0 Å². The van der Waals surface area contributed by atoms with E-state index >= 15 is 0 Å². The minimum Gasteiger partial charge on any atom is -0.385 e. The van der Waals surface area contributed by atoms with Crippen LogP contribution >= 0.6 is 0 Å². The van der Waals surface area contributed by atoms with Crippen molar-refractivity contribution in [3.05, 3.63) is 0 Å². The molecule has 2 aliphatic rings. The van der Waals surface area contributed by atoms with Gasteiger partial charge in [0.05, 0.1) is 5.75 Å². The van der Waals surface area contributed by atoms with Gasteiger partial charge in [-0.05, 0) is 44.1 Å². The molecule has 2 fully saturated rings. The maximum Gasteiger partial charge on any atom is 0.213 e. The molecule has 1 aliphatic heterocycles. The molecule has 5 nitrogen and oxygen atoms in total. The lowest BCUT2D eigenvalue weighted by Crippen LogP contribution is -2.43. The second kappa shape index (κ2) is 6.52. The van der Waals surface area contributed by atoms with Gasteiger partial charge in [-0.1, -0.05) is 6.42 Å². The van der Waals surface area contributed by atoms with Gasteiger partial charge in [-0.3, -0.25) is 0 Å². The van der Waals surface area contributed by atoms with Gasteiger partial charge < -0.3 is 10.1 Å². The zero-order valence-electron chi connectivity index (χ0n) is 11.8. The Kier molecular flexibility index (Phi) is 5.22. The number of hydrogen-bond donors (Lipinski definition) is 2. The first kappa shape index (κ1) is 15.2. The molecule has 1 heterocycles. The molecule has 0 bridgehead atoms. The van der Waals surface area contributed by atoms with Crippen LogP contribution in [0.4, 0.5) is 0 Å². The molecule has 2 rings (SSSR count). The molecular formula is C13H26N2O3S. The zero-order chi connectivity index (χ0) is 13.8. The molecule has 0 aromatic carbocycles. The van der Waals surface area contributed by atoms with Crippen molar-refractivity contribution in [3.63, 3.8) is 0 Å². The summed E-state index contributed by atoms with van der Waals surface area (Å²) in [5, 5.41) is 3.28. The number of hydrogen-bond acceptors (Lipinski definition) is 4. The molecule has 0 amide bonds. The van der Waals surface area contributed by atoms with Crippen molar-refractivity contribution in [1.82, 2.24) is 10.0 Å². The standard InChI is InChI=1S/C13H26N2O3S/c1-18-9-7-13(5-6-13)11-15-19(16,17)10-12-4-2-3-8-14-12/h12,14-15H,2-11H2,1H3. The minimum absolute atomic E-state index is 0.125. The molecule has 2 N–H and O–H groups in total. The number of sulfonamides is 1. The van der Waals surface area contributed by atoms with E-state index in [0.29, 0.717) is 13.2 Å². The summed E-state index contributed by atoms with van der Waals surface area (Å²) in [4.78, 5) is 0. The van der Waals surface area contributed by atoms with E-state index < -0.39 is 10.0 Å². The Morgan fingerprint density at radius 1 is 1.37 bits per heavy atom. The molecule has 0 aromatic heterocycles. The zero-order valence-corrected chi connectivity index (χ0v) is 12.6. The Labute approximate surface area is 116 Å². The van der Waals surface area contributed by atoms with Gasteiger partial charge in [-0.2, -0.15) is 0 Å². The summed E-state index contributed by atoms with van der Waals surface area (Å²) >= 11 is 0. The molecule has 1 atom stereocenters. The fourth-order valence-electron chi connectivity index (χ4n) is 2.66. The van der Waals surface area contributed by atoms with Crippen LogP contribution in [-0.2, 0) is 14.8 Å². The molecule has 1 unspecified atom stereocenters. The van der Waals surface area contributed by atoms with Crippen LogP contribution in [0.5, 0.6) is 0 Å². The number of piperidine rings is 1. The normalized spacial score (nSPS) is 26.3. The first-order valence-corrected chi connectivity index (χ1v) is 8.90. The highest BCUT2D eigenvalue weighted by Gasteiger charge is 2.42. The highest BCUT2D eigenvalue weighted by atomic mass is 32.2. The third-order valence-corrected chi connectivity index (χ3v) is 5.72. The summed E-state index contributed by atoms with van der Waals surface area (Å²) in [6.45, 7) is 2.23. The lowest BCUT2D eigenvalue weighted by molar-refractivity contribution is 0.173. The summed E-state index contributed by atoms with van der Waals surface area (Å²) < 4.78 is 32.0. The Balaban J connectivity index is 1.74. The van der Waals surface area contributed by atoms with E-state index in [1.807, 2.05) is 0 Å². The molecule has 1 saturated carbocycles. The predicted molar refractivity (Wildman–Crippen MR) is 75.6 cm³/mol. The summed E-state index contributed by atoms with van der Waals surface area (Å²) in [7, 11) is -1.46. The fourth-order valence-corrected chi connectivity index (χ4v) is 4.12. The average molecular weight is 290 g/mol. The lowest BCUT2D eigenvalue weighted by Gasteiger charge is -2.24. The Morgan fingerprint density at radius 3 is 2.74 bits per heavy atom. The van der Waals surface area contributed by atoms with Gasteiger partial charge in [0.25, 0.3) is 0 Å². The third kappa shape index (κ3) is 5.02. The molecule has 0 spiro atoms. The Hall–Kier alpha value is -0.170. The van der Waals surface area contributed by atoms with Crippen molar-refractivity contribution >= 4 is 10.0 Å². The van der Waals surface area contributed by atoms with Gasteiger partial charge in [0.15, 0.2) is 0 Å². The van der Waals surface area contributed by atoms with E-state index in [1.165, 1.54) is 0 Å². The number of nitrogens with one attached hydrogen (secondary N) is 2. The second-order valence-corrected chi connectivity index (χ2v) is 7.84. The van der Waals surface area contributed by atoms with Crippen LogP contribution < -0.4 is 10.0 Å². The van der Waals surface area contributed by atoms with Crippen molar-refractivity contribution in [2.45, 2.75) is 44.6 Å². The van der Waals surface area contributed by atoms with Crippen LogP contribution in [0.25, 0.3) is 0 Å². The van der Waals surface area contributed by atoms with Crippen LogP contribution in [0.1, 0.15) is 38.5 Å². The van der Waals surface area contributed by atoms with Gasteiger partial charge in [0.1, 0.15) is 0 Å². The van der Waals surface area contributed by atoms with Gasteiger partial charge in [0, 0.05) is 26.3 Å². The quantitative estimate of drug-likeness (QED) is 0.696. The van der Waals surface area contributed by atoms with Crippen LogP contribution in [0, 0.1) is 5.41 Å². The van der Waals surface area contributed by atoms with E-state index in [1.54, 1.807) is 7.11 Å². The van der Waals surface area contributed by atoms with Gasteiger partial charge in [0.2, 0.25) is 10.0 Å². The van der Waals surface area contributed by atoms with Crippen LogP contribution in [-0.4, -0.2) is 47.0 Å². The van der Waals surface area contributed by atoms with Gasteiger partial charge in [-0.25, -0.2) is 13.1 Å². The molecule has 0 aromatic rings. The van der Waals surface area contributed by atoms with E-state index in [2.05, 4.69) is 10.0 Å². The number of rotatable bonds is 8. The SMILES string of the molecule is COCCC1(CNS(=O)(=O)CC2CCCCN2)CC1. The van der Waals surface area contributed by atoms with Crippen molar-refractivity contribution in [3.8, 4) is 0 Å². The second-order valence-electron chi connectivity index (χ2n) is 5.99. The maximum absolute atomic E-state index is 12.1. The highest BCUT2D eigenvalue weighted by Crippen LogP contribution is 2.48. The summed E-state index contributed by atoms with van der Waals surface area (Å²) in [5.41, 5.74) is 0.170. The first-order chi connectivity index (χ1) is 9.05. The molecule has 112 valence electrons. The van der Waals surface area contributed by atoms with E-state index in [9.17, 15) is 8.42 Å². The average Bonchev–Trinajstić information content (AvgIpc) is 3.16. The molecule has 19 heavy (non-hydrogen) atoms. The lowest BCUT2D eigenvalue weighted by atomic mass is 10.0. The first-order valence-electron chi connectivity index (χ1n) is 7.25. The Morgan fingerprint density at radius 2 is 2.16 bits per heavy atom. The molecule has 6 heteroatoms. The van der Waals surface area contributed by atoms with Crippen molar-refractivity contribution < 1.29 is 13.2 Å². The summed E-state index contributed by atoms with van der Waals surface area (Å²) in [5.74, 6) is 0.216. The highest BCUT2D eigenvalue weighted by molar-refractivity contribution is 7.89. The van der Waals surface area contributed by atoms with Gasteiger partial charge in [-0.15, -0.1) is 0 Å². The van der Waals surface area contributed by atoms with Crippen molar-refractivity contribution in [1.29, 1.82) is 0 Å².